The number of fused-ring (bicyclic) bond motifs is 1. The van der Waals surface area contributed by atoms with Crippen molar-refractivity contribution < 1.29 is 19.1 Å². The Balaban J connectivity index is 1.73. The summed E-state index contributed by atoms with van der Waals surface area (Å²) in [4.78, 5) is 31.2. The van der Waals surface area contributed by atoms with Crippen molar-refractivity contribution in [1.82, 2.24) is 19.7 Å². The average molecular weight is 314 g/mol. The molecule has 0 fully saturated rings. The molecule has 0 aliphatic heterocycles. The first-order valence-corrected chi connectivity index (χ1v) is 6.87. The Morgan fingerprint density at radius 1 is 1.26 bits per heavy atom. The van der Waals surface area contributed by atoms with Gasteiger partial charge in [0.1, 0.15) is 11.3 Å². The number of carbonyl (C=O) groups is 2. The molecule has 0 bridgehead atoms. The van der Waals surface area contributed by atoms with Gasteiger partial charge in [-0.05, 0) is 25.5 Å². The van der Waals surface area contributed by atoms with Gasteiger partial charge >= 0.3 is 5.97 Å². The van der Waals surface area contributed by atoms with Crippen LogP contribution in [0.3, 0.4) is 0 Å². The zero-order valence-electron chi connectivity index (χ0n) is 12.5. The molecule has 3 heterocycles. The molecule has 8 heteroatoms. The van der Waals surface area contributed by atoms with E-state index < -0.39 is 5.97 Å². The Labute approximate surface area is 130 Å². The third-order valence-corrected chi connectivity index (χ3v) is 3.27. The second-order valence-corrected chi connectivity index (χ2v) is 5.11. The van der Waals surface area contributed by atoms with Gasteiger partial charge in [0.05, 0.1) is 12.2 Å². The van der Waals surface area contributed by atoms with Gasteiger partial charge in [-0.15, -0.1) is 0 Å². The van der Waals surface area contributed by atoms with Crippen LogP contribution >= 0.6 is 0 Å². The summed E-state index contributed by atoms with van der Waals surface area (Å²) in [5.74, 6) is -1.67. The summed E-state index contributed by atoms with van der Waals surface area (Å²) in [6.45, 7) is 3.46. The smallest absolute Gasteiger partial charge is 0.373 e. The Morgan fingerprint density at radius 3 is 2.74 bits per heavy atom. The van der Waals surface area contributed by atoms with E-state index in [1.807, 2.05) is 25.3 Å². The van der Waals surface area contributed by atoms with E-state index in [1.54, 1.807) is 10.6 Å². The zero-order chi connectivity index (χ0) is 16.6. The molecular weight excluding hydrogens is 300 g/mol. The minimum absolute atomic E-state index is 0.0140. The number of oxazole rings is 1. The van der Waals surface area contributed by atoms with E-state index in [0.29, 0.717) is 5.65 Å². The fourth-order valence-electron chi connectivity index (χ4n) is 2.19. The van der Waals surface area contributed by atoms with Crippen molar-refractivity contribution in [3.63, 3.8) is 0 Å². The fourth-order valence-corrected chi connectivity index (χ4v) is 2.19. The maximum Gasteiger partial charge on any atom is 0.373 e. The number of nitrogens with one attached hydrogen (secondary N) is 1. The molecule has 3 rings (SSSR count). The van der Waals surface area contributed by atoms with Gasteiger partial charge in [0.2, 0.25) is 11.7 Å². The van der Waals surface area contributed by atoms with Crippen molar-refractivity contribution in [3.8, 4) is 0 Å². The van der Waals surface area contributed by atoms with Gasteiger partial charge in [-0.1, -0.05) is 6.07 Å². The number of imidazole rings is 1. The summed E-state index contributed by atoms with van der Waals surface area (Å²) in [6, 6.07) is 3.73. The molecule has 0 aromatic carbocycles. The summed E-state index contributed by atoms with van der Waals surface area (Å²) in [5, 5.41) is 11.5. The van der Waals surface area contributed by atoms with E-state index in [2.05, 4.69) is 15.3 Å². The Hall–Kier alpha value is -3.16. The van der Waals surface area contributed by atoms with Gasteiger partial charge in [-0.25, -0.2) is 14.8 Å². The molecule has 0 saturated heterocycles. The number of carboxylic acid groups (broad SMARTS) is 1. The second kappa shape index (κ2) is 5.56. The molecule has 3 aromatic heterocycles. The maximum atomic E-state index is 12.1. The van der Waals surface area contributed by atoms with Crippen molar-refractivity contribution in [2.75, 3.05) is 0 Å². The van der Waals surface area contributed by atoms with Crippen LogP contribution in [0.1, 0.15) is 38.2 Å². The van der Waals surface area contributed by atoms with Gasteiger partial charge in [0.25, 0.3) is 5.91 Å². The van der Waals surface area contributed by atoms with Crippen LogP contribution in [-0.2, 0) is 6.54 Å². The number of aryl methyl sites for hydroxylation is 2. The van der Waals surface area contributed by atoms with Crippen LogP contribution in [-0.4, -0.2) is 31.4 Å². The van der Waals surface area contributed by atoms with E-state index in [-0.39, 0.29) is 35.5 Å². The molecule has 0 spiro atoms. The summed E-state index contributed by atoms with van der Waals surface area (Å²) in [6.07, 6.45) is 3.50. The molecule has 0 aliphatic carbocycles. The summed E-state index contributed by atoms with van der Waals surface area (Å²) in [5.41, 5.74) is 2.25. The van der Waals surface area contributed by atoms with E-state index in [9.17, 15) is 9.59 Å². The molecule has 8 nitrogen and oxygen atoms in total. The number of aromatic nitrogens is 3. The highest BCUT2D eigenvalue weighted by atomic mass is 16.4. The lowest BCUT2D eigenvalue weighted by atomic mass is 10.3. The first-order valence-electron chi connectivity index (χ1n) is 6.87. The van der Waals surface area contributed by atoms with E-state index in [1.165, 1.54) is 6.92 Å². The number of nitrogens with zero attached hydrogens (tertiary/aromatic N) is 3. The number of amides is 1. The highest BCUT2D eigenvalue weighted by Crippen LogP contribution is 2.11. The minimum Gasteiger partial charge on any atom is -0.475 e. The number of carbonyl (C=O) groups excluding carboxylic acids is 1. The Bertz CT molecular complexity index is 909. The molecule has 0 aliphatic rings. The standard InChI is InChI=1S/C15H14N4O4/c1-8-3-4-11-18-10(7-19(11)6-8)14(20)16-5-12-17-9(2)13(23-12)15(21)22/h3-4,6-7H,5H2,1-2H3,(H,16,20)(H,21,22). The van der Waals surface area contributed by atoms with Crippen molar-refractivity contribution in [3.05, 3.63) is 53.1 Å². The molecule has 0 atom stereocenters. The van der Waals surface area contributed by atoms with Crippen molar-refractivity contribution in [1.29, 1.82) is 0 Å². The number of aromatic carboxylic acids is 1. The van der Waals surface area contributed by atoms with Gasteiger partial charge in [-0.2, -0.15) is 0 Å². The number of rotatable bonds is 4. The summed E-state index contributed by atoms with van der Waals surface area (Å²) < 4.78 is 6.85. The zero-order valence-corrected chi connectivity index (χ0v) is 12.5. The largest absolute Gasteiger partial charge is 0.475 e. The lowest BCUT2D eigenvalue weighted by molar-refractivity contribution is 0.0659. The molecule has 0 radical (unpaired) electrons. The highest BCUT2D eigenvalue weighted by molar-refractivity contribution is 5.92. The third-order valence-electron chi connectivity index (χ3n) is 3.27. The van der Waals surface area contributed by atoms with Crippen LogP contribution in [0.2, 0.25) is 0 Å². The first-order chi connectivity index (χ1) is 10.9. The number of hydrogen-bond donors (Lipinski definition) is 2. The van der Waals surface area contributed by atoms with Crippen molar-refractivity contribution in [2.24, 2.45) is 0 Å². The molecule has 0 unspecified atom stereocenters. The molecule has 1 amide bonds. The van der Waals surface area contributed by atoms with Crippen LogP contribution in [0.25, 0.3) is 5.65 Å². The molecule has 118 valence electrons. The molecule has 3 aromatic rings. The quantitative estimate of drug-likeness (QED) is 0.756. The number of carboxylic acids is 1. The lowest BCUT2D eigenvalue weighted by Crippen LogP contribution is -2.23. The summed E-state index contributed by atoms with van der Waals surface area (Å²) >= 11 is 0. The Morgan fingerprint density at radius 2 is 2.04 bits per heavy atom. The number of pyridine rings is 1. The van der Waals surface area contributed by atoms with E-state index in [0.717, 1.165) is 5.56 Å². The van der Waals surface area contributed by atoms with Crippen molar-refractivity contribution in [2.45, 2.75) is 20.4 Å². The second-order valence-electron chi connectivity index (χ2n) is 5.11. The van der Waals surface area contributed by atoms with Crippen molar-refractivity contribution >= 4 is 17.5 Å². The Kier molecular flexibility index (Phi) is 3.57. The molecule has 2 N–H and O–H groups in total. The molecular formula is C15H14N4O4. The predicted molar refractivity (Wildman–Crippen MR) is 79.3 cm³/mol. The third kappa shape index (κ3) is 2.91. The van der Waals surface area contributed by atoms with E-state index in [4.69, 9.17) is 9.52 Å². The van der Waals surface area contributed by atoms with Crippen LogP contribution in [0.15, 0.2) is 28.9 Å². The highest BCUT2D eigenvalue weighted by Gasteiger charge is 2.17. The van der Waals surface area contributed by atoms with Crippen LogP contribution in [0.5, 0.6) is 0 Å². The average Bonchev–Trinajstić information content (AvgIpc) is 3.07. The molecule has 23 heavy (non-hydrogen) atoms. The van der Waals surface area contributed by atoms with Gasteiger partial charge in [-0.3, -0.25) is 4.79 Å². The minimum atomic E-state index is -1.19. The topological polar surface area (TPSA) is 110 Å². The fraction of sp³-hybridized carbons (Fsp3) is 0.200. The van der Waals surface area contributed by atoms with Gasteiger partial charge in [0, 0.05) is 12.4 Å². The monoisotopic (exact) mass is 314 g/mol. The first kappa shape index (κ1) is 14.8. The number of hydrogen-bond acceptors (Lipinski definition) is 5. The van der Waals surface area contributed by atoms with Gasteiger partial charge < -0.3 is 19.2 Å². The van der Waals surface area contributed by atoms with E-state index >= 15 is 0 Å². The van der Waals surface area contributed by atoms with Crippen LogP contribution < -0.4 is 5.32 Å². The van der Waals surface area contributed by atoms with Gasteiger partial charge in [0.15, 0.2) is 0 Å². The maximum absolute atomic E-state index is 12.1. The lowest BCUT2D eigenvalue weighted by Gasteiger charge is -1.98. The molecule has 0 saturated carbocycles. The normalized spacial score (nSPS) is 10.9. The van der Waals surface area contributed by atoms with Crippen LogP contribution in [0.4, 0.5) is 0 Å². The summed E-state index contributed by atoms with van der Waals surface area (Å²) in [7, 11) is 0. The predicted octanol–water partition coefficient (Wildman–Crippen LogP) is 1.57. The SMILES string of the molecule is Cc1ccc2nc(C(=O)NCc3nc(C)c(C(=O)O)o3)cn2c1. The van der Waals surface area contributed by atoms with Crippen LogP contribution in [0, 0.1) is 13.8 Å².